The number of anilines is 4. The number of aromatic nitrogens is 4. The molecule has 3 aliphatic heterocycles. The van der Waals surface area contributed by atoms with Gasteiger partial charge in [-0.05, 0) is 55.6 Å². The summed E-state index contributed by atoms with van der Waals surface area (Å²) < 4.78 is 61.4. The summed E-state index contributed by atoms with van der Waals surface area (Å²) in [5, 5.41) is 9.89. The molecule has 5 heterocycles. The highest BCUT2D eigenvalue weighted by atomic mass is 19.4. The number of morpholine rings is 1. The average Bonchev–Trinajstić information content (AvgIpc) is 3.50. The number of alkyl halides is 4. The number of halogens is 4. The second kappa shape index (κ2) is 12.0. The van der Waals surface area contributed by atoms with Crippen molar-refractivity contribution in [2.45, 2.75) is 37.4 Å². The largest absolute Gasteiger partial charge is 0.408 e. The number of fused-ring (bicyclic) bond motifs is 3. The van der Waals surface area contributed by atoms with Gasteiger partial charge in [-0.25, -0.2) is 23.8 Å². The molecule has 2 aromatic heterocycles. The third-order valence-electron chi connectivity index (χ3n) is 8.71. The van der Waals surface area contributed by atoms with Crippen LogP contribution in [0, 0.1) is 0 Å². The van der Waals surface area contributed by atoms with Crippen LogP contribution >= 0.6 is 0 Å². The van der Waals surface area contributed by atoms with Crippen LogP contribution in [0.15, 0.2) is 54.7 Å². The van der Waals surface area contributed by atoms with Crippen LogP contribution in [-0.2, 0) is 11.3 Å². The summed E-state index contributed by atoms with van der Waals surface area (Å²) in [6.45, 7) is 3.01. The number of hydrogen-bond donors (Lipinski definition) is 2. The van der Waals surface area contributed by atoms with Gasteiger partial charge in [0.25, 0.3) is 0 Å². The molecule has 2 N–H and O–H groups in total. The van der Waals surface area contributed by atoms with Crippen molar-refractivity contribution in [1.82, 2.24) is 24.6 Å². The molecule has 46 heavy (non-hydrogen) atoms. The van der Waals surface area contributed by atoms with Gasteiger partial charge in [-0.15, -0.1) is 0 Å². The van der Waals surface area contributed by atoms with Crippen molar-refractivity contribution < 1.29 is 27.1 Å². The van der Waals surface area contributed by atoms with E-state index in [0.29, 0.717) is 28.1 Å². The Morgan fingerprint density at radius 3 is 2.28 bits per heavy atom. The number of carbonyl (C=O) groups is 1. The van der Waals surface area contributed by atoms with Crippen LogP contribution in [0.2, 0.25) is 0 Å². The van der Waals surface area contributed by atoms with E-state index in [2.05, 4.69) is 37.6 Å². The minimum atomic E-state index is -4.52. The van der Waals surface area contributed by atoms with Gasteiger partial charge in [-0.2, -0.15) is 18.3 Å². The standard InChI is InChI=1S/C31H33F4N9O2/c1-41-10-12-42(13-11-41)22-8-6-21(7-9-22)38-30(45)37-20-4-2-19(3-5-20)27-39-28-24(15-36-43(28)18-31(33,34)35)29(40-27)44-23-14-25(32)26(44)17-46-16-23/h2-9,15,23,25-26H,10-14,16-18H2,1H3,(H2,37,38,45). The number of benzene rings is 2. The molecule has 2 bridgehead atoms. The minimum Gasteiger partial charge on any atom is -0.377 e. The van der Waals surface area contributed by atoms with Crippen molar-refractivity contribution in [2.75, 3.05) is 66.9 Å². The Balaban J connectivity index is 1.10. The molecule has 15 heteroatoms. The summed E-state index contributed by atoms with van der Waals surface area (Å²) in [5.41, 5.74) is 2.74. The van der Waals surface area contributed by atoms with E-state index in [1.54, 1.807) is 29.2 Å². The molecule has 242 valence electrons. The smallest absolute Gasteiger partial charge is 0.377 e. The van der Waals surface area contributed by atoms with Crippen molar-refractivity contribution >= 4 is 39.9 Å². The van der Waals surface area contributed by atoms with Crippen molar-refractivity contribution in [3.63, 3.8) is 0 Å². The number of hydrogen-bond acceptors (Lipinski definition) is 8. The van der Waals surface area contributed by atoms with Crippen LogP contribution in [-0.4, -0.2) is 102 Å². The van der Waals surface area contributed by atoms with E-state index >= 15 is 0 Å². The Labute approximate surface area is 262 Å². The summed E-state index contributed by atoms with van der Waals surface area (Å²) in [4.78, 5) is 28.3. The first-order chi connectivity index (χ1) is 22.1. The Hall–Kier alpha value is -4.50. The van der Waals surface area contributed by atoms with E-state index in [0.717, 1.165) is 36.5 Å². The van der Waals surface area contributed by atoms with Crippen molar-refractivity contribution in [3.8, 4) is 11.4 Å². The van der Waals surface area contributed by atoms with Gasteiger partial charge in [0, 0.05) is 55.2 Å². The fourth-order valence-corrected chi connectivity index (χ4v) is 6.33. The van der Waals surface area contributed by atoms with Crippen LogP contribution in [0.3, 0.4) is 0 Å². The molecule has 3 aliphatic rings. The predicted octanol–water partition coefficient (Wildman–Crippen LogP) is 4.77. The molecule has 3 unspecified atom stereocenters. The van der Waals surface area contributed by atoms with E-state index in [-0.39, 0.29) is 37.1 Å². The first kappa shape index (κ1) is 30.2. The average molecular weight is 640 g/mol. The van der Waals surface area contributed by atoms with Gasteiger partial charge in [-0.3, -0.25) is 0 Å². The summed E-state index contributed by atoms with van der Waals surface area (Å²) in [6.07, 6.45) is -4.14. The van der Waals surface area contributed by atoms with Crippen molar-refractivity contribution in [3.05, 3.63) is 54.7 Å². The van der Waals surface area contributed by atoms with E-state index in [1.165, 1.54) is 6.20 Å². The molecule has 0 spiro atoms. The second-order valence-electron chi connectivity index (χ2n) is 11.9. The predicted molar refractivity (Wildman–Crippen MR) is 166 cm³/mol. The molecule has 4 aromatic rings. The van der Waals surface area contributed by atoms with E-state index in [1.807, 2.05) is 24.3 Å². The topological polar surface area (TPSA) is 104 Å². The van der Waals surface area contributed by atoms with Crippen LogP contribution in [0.5, 0.6) is 0 Å². The van der Waals surface area contributed by atoms with Crippen molar-refractivity contribution in [1.29, 1.82) is 0 Å². The quantitative estimate of drug-likeness (QED) is 0.291. The molecular weight excluding hydrogens is 606 g/mol. The van der Waals surface area contributed by atoms with Crippen LogP contribution in [0.25, 0.3) is 22.4 Å². The molecule has 2 aromatic carbocycles. The van der Waals surface area contributed by atoms with Crippen LogP contribution < -0.4 is 20.4 Å². The molecule has 0 aliphatic carbocycles. The number of carbonyl (C=O) groups excluding carboxylic acids is 1. The van der Waals surface area contributed by atoms with E-state index < -0.39 is 31.0 Å². The van der Waals surface area contributed by atoms with Crippen LogP contribution in [0.4, 0.5) is 45.2 Å². The number of urea groups is 1. The minimum absolute atomic E-state index is 0.00107. The number of rotatable bonds is 6. The van der Waals surface area contributed by atoms with Gasteiger partial charge in [0.1, 0.15) is 18.5 Å². The third-order valence-corrected chi connectivity index (χ3v) is 8.71. The maximum Gasteiger partial charge on any atom is 0.408 e. The molecule has 11 nitrogen and oxygen atoms in total. The molecule has 7 rings (SSSR count). The summed E-state index contributed by atoms with van der Waals surface area (Å²) in [5.74, 6) is 0.483. The Morgan fingerprint density at radius 1 is 0.957 bits per heavy atom. The van der Waals surface area contributed by atoms with Gasteiger partial charge < -0.3 is 30.1 Å². The number of amides is 2. The molecule has 2 amide bonds. The Bertz CT molecular complexity index is 1710. The molecule has 0 radical (unpaired) electrons. The maximum atomic E-state index is 14.9. The first-order valence-corrected chi connectivity index (χ1v) is 15.1. The number of nitrogens with zero attached hydrogens (tertiary/aromatic N) is 7. The summed E-state index contributed by atoms with van der Waals surface area (Å²) in [7, 11) is 2.11. The summed E-state index contributed by atoms with van der Waals surface area (Å²) >= 11 is 0. The molecule has 3 fully saturated rings. The van der Waals surface area contributed by atoms with E-state index in [4.69, 9.17) is 9.72 Å². The van der Waals surface area contributed by atoms with Crippen molar-refractivity contribution in [2.24, 2.45) is 0 Å². The second-order valence-corrected chi connectivity index (χ2v) is 11.9. The molecule has 3 saturated heterocycles. The number of piperazine rings is 1. The highest BCUT2D eigenvalue weighted by molar-refractivity contribution is 6.00. The highest BCUT2D eigenvalue weighted by Gasteiger charge is 2.46. The lowest BCUT2D eigenvalue weighted by molar-refractivity contribution is -0.141. The number of ether oxygens (including phenoxy) is 1. The van der Waals surface area contributed by atoms with Gasteiger partial charge in [0.15, 0.2) is 11.5 Å². The number of likely N-dealkylation sites (N-methyl/N-ethyl adjacent to an activating group) is 1. The van der Waals surface area contributed by atoms with Crippen LogP contribution in [0.1, 0.15) is 6.42 Å². The fraction of sp³-hybridized carbons (Fsp3) is 0.419. The molecule has 3 atom stereocenters. The zero-order valence-electron chi connectivity index (χ0n) is 25.0. The number of nitrogens with one attached hydrogen (secondary N) is 2. The monoisotopic (exact) mass is 639 g/mol. The molecule has 0 saturated carbocycles. The lowest BCUT2D eigenvalue weighted by Crippen LogP contribution is -2.48. The first-order valence-electron chi connectivity index (χ1n) is 15.1. The lowest BCUT2D eigenvalue weighted by Gasteiger charge is -2.35. The molecular formula is C31H33F4N9O2. The third kappa shape index (κ3) is 6.16. The SMILES string of the molecule is CN1CCN(c2ccc(NC(=O)Nc3ccc(-c4nc(N5C6COCC5C(F)C6)c5cnn(CC(F)(F)F)c5n4)cc3)cc2)CC1. The highest BCUT2D eigenvalue weighted by Crippen LogP contribution is 2.39. The van der Waals surface area contributed by atoms with Gasteiger partial charge in [-0.1, -0.05) is 0 Å². The van der Waals surface area contributed by atoms with Gasteiger partial charge in [0.2, 0.25) is 0 Å². The fourth-order valence-electron chi connectivity index (χ4n) is 6.33. The Kier molecular flexibility index (Phi) is 7.88. The van der Waals surface area contributed by atoms with Gasteiger partial charge >= 0.3 is 12.2 Å². The summed E-state index contributed by atoms with van der Waals surface area (Å²) in [6, 6.07) is 13.0. The van der Waals surface area contributed by atoms with E-state index in [9.17, 15) is 22.4 Å². The zero-order chi connectivity index (χ0) is 32.0. The zero-order valence-corrected chi connectivity index (χ0v) is 25.0. The lowest BCUT2D eigenvalue weighted by atomic mass is 10.1. The normalized spacial score (nSPS) is 22.0. The van der Waals surface area contributed by atoms with Gasteiger partial charge in [0.05, 0.1) is 36.9 Å². The Morgan fingerprint density at radius 2 is 1.63 bits per heavy atom. The maximum absolute atomic E-state index is 14.9.